The standard InChI is InChI=1S/C7H11BrO4/c1-3-5(10)6(11)7(12-3)4(9)2-8/h3,5-7,10-11H,2H2,1H3/t3-,5?,6+,7+/m0/s1. The number of rotatable bonds is 2. The first-order valence-electron chi connectivity index (χ1n) is 3.68. The number of halogens is 1. The number of ketones is 1. The van der Waals surface area contributed by atoms with Crippen LogP contribution in [-0.4, -0.2) is 45.7 Å². The van der Waals surface area contributed by atoms with E-state index in [1.807, 2.05) is 0 Å². The maximum absolute atomic E-state index is 11.1. The van der Waals surface area contributed by atoms with Crippen LogP contribution >= 0.6 is 15.9 Å². The van der Waals surface area contributed by atoms with Crippen molar-refractivity contribution in [1.82, 2.24) is 0 Å². The predicted octanol–water partition coefficient (Wildman–Crippen LogP) is -0.541. The zero-order valence-corrected chi connectivity index (χ0v) is 8.19. The Hall–Kier alpha value is 0.0300. The smallest absolute Gasteiger partial charge is 0.174 e. The van der Waals surface area contributed by atoms with Crippen LogP contribution in [0.1, 0.15) is 6.92 Å². The Balaban J connectivity index is 2.64. The molecule has 0 saturated carbocycles. The third kappa shape index (κ3) is 1.69. The summed E-state index contributed by atoms with van der Waals surface area (Å²) in [5.41, 5.74) is 0. The van der Waals surface area contributed by atoms with E-state index in [4.69, 9.17) is 4.74 Å². The van der Waals surface area contributed by atoms with E-state index in [9.17, 15) is 15.0 Å². The molecule has 0 aliphatic carbocycles. The summed E-state index contributed by atoms with van der Waals surface area (Å²) in [6.45, 7) is 1.62. The molecule has 70 valence electrons. The van der Waals surface area contributed by atoms with E-state index >= 15 is 0 Å². The number of hydrogen-bond donors (Lipinski definition) is 2. The van der Waals surface area contributed by atoms with E-state index < -0.39 is 24.4 Å². The van der Waals surface area contributed by atoms with Gasteiger partial charge < -0.3 is 14.9 Å². The first kappa shape index (κ1) is 10.1. The fraction of sp³-hybridized carbons (Fsp3) is 0.857. The Morgan fingerprint density at radius 3 is 2.42 bits per heavy atom. The first-order chi connectivity index (χ1) is 5.57. The summed E-state index contributed by atoms with van der Waals surface area (Å²) >= 11 is 2.97. The molecular weight excluding hydrogens is 228 g/mol. The molecule has 1 aliphatic heterocycles. The average molecular weight is 239 g/mol. The summed E-state index contributed by atoms with van der Waals surface area (Å²) in [5, 5.41) is 18.7. The summed E-state index contributed by atoms with van der Waals surface area (Å²) in [5.74, 6) is -0.245. The van der Waals surface area contributed by atoms with Crippen molar-refractivity contribution >= 4 is 21.7 Å². The van der Waals surface area contributed by atoms with Crippen molar-refractivity contribution in [2.45, 2.75) is 31.3 Å². The maximum atomic E-state index is 11.1. The SMILES string of the molecule is C[C@@H]1O[C@H](C(=O)CBr)[C@H](O)C1O. The van der Waals surface area contributed by atoms with Crippen molar-refractivity contribution in [2.24, 2.45) is 0 Å². The molecule has 1 saturated heterocycles. The van der Waals surface area contributed by atoms with Crippen molar-refractivity contribution < 1.29 is 19.7 Å². The molecular formula is C7H11BrO4. The molecule has 0 bridgehead atoms. The van der Waals surface area contributed by atoms with Gasteiger partial charge in [0.2, 0.25) is 0 Å². The maximum Gasteiger partial charge on any atom is 0.174 e. The molecule has 4 nitrogen and oxygen atoms in total. The molecule has 1 fully saturated rings. The molecule has 0 aromatic carbocycles. The Morgan fingerprint density at radius 2 is 2.08 bits per heavy atom. The van der Waals surface area contributed by atoms with Crippen LogP contribution in [0.15, 0.2) is 0 Å². The largest absolute Gasteiger partial charge is 0.388 e. The molecule has 0 aromatic heterocycles. The zero-order chi connectivity index (χ0) is 9.30. The minimum absolute atomic E-state index is 0.133. The third-order valence-corrected chi connectivity index (χ3v) is 2.50. The van der Waals surface area contributed by atoms with Crippen molar-refractivity contribution in [3.63, 3.8) is 0 Å². The van der Waals surface area contributed by atoms with Gasteiger partial charge in [-0.15, -0.1) is 0 Å². The summed E-state index contributed by atoms with van der Waals surface area (Å²) in [6.07, 6.45) is -3.41. The molecule has 1 aliphatic rings. The van der Waals surface area contributed by atoms with E-state index in [1.165, 1.54) is 0 Å². The molecule has 5 heteroatoms. The van der Waals surface area contributed by atoms with Crippen molar-refractivity contribution in [1.29, 1.82) is 0 Å². The predicted molar refractivity (Wildman–Crippen MR) is 45.1 cm³/mol. The molecule has 1 unspecified atom stereocenters. The van der Waals surface area contributed by atoms with Gasteiger partial charge in [0.25, 0.3) is 0 Å². The van der Waals surface area contributed by atoms with Gasteiger partial charge in [0.15, 0.2) is 5.78 Å². The number of hydrogen-bond acceptors (Lipinski definition) is 4. The number of aliphatic hydroxyl groups is 2. The number of carbonyl (C=O) groups is 1. The summed E-state index contributed by atoms with van der Waals surface area (Å²) in [7, 11) is 0. The Labute approximate surface area is 78.7 Å². The number of ether oxygens (including phenoxy) is 1. The van der Waals surface area contributed by atoms with E-state index in [0.29, 0.717) is 0 Å². The lowest BCUT2D eigenvalue weighted by molar-refractivity contribution is -0.130. The molecule has 0 aromatic rings. The van der Waals surface area contributed by atoms with Gasteiger partial charge in [-0.25, -0.2) is 0 Å². The lowest BCUT2D eigenvalue weighted by atomic mass is 10.1. The Kier molecular flexibility index (Phi) is 3.22. The second kappa shape index (κ2) is 3.83. The van der Waals surface area contributed by atoms with Gasteiger partial charge in [0.05, 0.1) is 11.4 Å². The average Bonchev–Trinajstić information content (AvgIpc) is 2.32. The molecule has 2 N–H and O–H groups in total. The van der Waals surface area contributed by atoms with Crippen LogP contribution in [0.4, 0.5) is 0 Å². The number of carbonyl (C=O) groups excluding carboxylic acids is 1. The Morgan fingerprint density at radius 1 is 1.50 bits per heavy atom. The van der Waals surface area contributed by atoms with Gasteiger partial charge in [0, 0.05) is 0 Å². The summed E-state index contributed by atoms with van der Waals surface area (Å²) in [6, 6.07) is 0. The molecule has 12 heavy (non-hydrogen) atoms. The van der Waals surface area contributed by atoms with Crippen LogP contribution in [0.2, 0.25) is 0 Å². The van der Waals surface area contributed by atoms with Gasteiger partial charge in [-0.1, -0.05) is 15.9 Å². The highest BCUT2D eigenvalue weighted by molar-refractivity contribution is 9.09. The molecule has 4 atom stereocenters. The van der Waals surface area contributed by atoms with Crippen LogP contribution in [0, 0.1) is 0 Å². The lowest BCUT2D eigenvalue weighted by Gasteiger charge is -2.11. The lowest BCUT2D eigenvalue weighted by Crippen LogP contribution is -2.36. The minimum atomic E-state index is -1.09. The van der Waals surface area contributed by atoms with E-state index in [1.54, 1.807) is 6.92 Å². The second-order valence-electron chi connectivity index (χ2n) is 2.84. The van der Waals surface area contributed by atoms with Gasteiger partial charge in [-0.2, -0.15) is 0 Å². The van der Waals surface area contributed by atoms with Crippen LogP contribution in [0.25, 0.3) is 0 Å². The van der Waals surface area contributed by atoms with Crippen molar-refractivity contribution in [3.05, 3.63) is 0 Å². The van der Waals surface area contributed by atoms with Crippen molar-refractivity contribution in [2.75, 3.05) is 5.33 Å². The molecule has 1 heterocycles. The molecule has 0 radical (unpaired) electrons. The highest BCUT2D eigenvalue weighted by atomic mass is 79.9. The number of aliphatic hydroxyl groups excluding tert-OH is 2. The Bertz CT molecular complexity index is 184. The molecule has 1 rings (SSSR count). The fourth-order valence-corrected chi connectivity index (χ4v) is 1.51. The van der Waals surface area contributed by atoms with Crippen LogP contribution < -0.4 is 0 Å². The quantitative estimate of drug-likeness (QED) is 0.635. The highest BCUT2D eigenvalue weighted by Gasteiger charge is 2.43. The van der Waals surface area contributed by atoms with Gasteiger partial charge in [-0.05, 0) is 6.92 Å². The van der Waals surface area contributed by atoms with E-state index in [2.05, 4.69) is 15.9 Å². The van der Waals surface area contributed by atoms with Crippen molar-refractivity contribution in [3.8, 4) is 0 Å². The topological polar surface area (TPSA) is 66.8 Å². The van der Waals surface area contributed by atoms with Crippen LogP contribution in [0.3, 0.4) is 0 Å². The zero-order valence-electron chi connectivity index (χ0n) is 6.61. The third-order valence-electron chi connectivity index (χ3n) is 1.95. The summed E-state index contributed by atoms with van der Waals surface area (Å²) in [4.78, 5) is 11.1. The summed E-state index contributed by atoms with van der Waals surface area (Å²) < 4.78 is 5.06. The van der Waals surface area contributed by atoms with Crippen LogP contribution in [-0.2, 0) is 9.53 Å². The van der Waals surface area contributed by atoms with Gasteiger partial charge in [0.1, 0.15) is 18.3 Å². The second-order valence-corrected chi connectivity index (χ2v) is 3.40. The first-order valence-corrected chi connectivity index (χ1v) is 4.80. The van der Waals surface area contributed by atoms with E-state index in [-0.39, 0.29) is 11.1 Å². The monoisotopic (exact) mass is 238 g/mol. The normalized spacial score (nSPS) is 41.7. The number of alkyl halides is 1. The number of Topliss-reactive ketones (excluding diaryl/α,β-unsaturated/α-hetero) is 1. The van der Waals surface area contributed by atoms with Gasteiger partial charge >= 0.3 is 0 Å². The molecule has 0 spiro atoms. The van der Waals surface area contributed by atoms with E-state index in [0.717, 1.165) is 0 Å². The fourth-order valence-electron chi connectivity index (χ4n) is 1.19. The van der Waals surface area contributed by atoms with Crippen LogP contribution in [0.5, 0.6) is 0 Å². The van der Waals surface area contributed by atoms with Gasteiger partial charge in [-0.3, -0.25) is 4.79 Å². The highest BCUT2D eigenvalue weighted by Crippen LogP contribution is 2.21. The minimum Gasteiger partial charge on any atom is -0.388 e. The molecule has 0 amide bonds.